The van der Waals surface area contributed by atoms with Gasteiger partial charge in [-0.25, -0.2) is 0 Å². The Bertz CT molecular complexity index is 297. The van der Waals surface area contributed by atoms with Gasteiger partial charge in [0.15, 0.2) is 0 Å². The maximum absolute atomic E-state index is 11.4. The second-order valence-corrected chi connectivity index (χ2v) is 3.89. The van der Waals surface area contributed by atoms with Crippen molar-refractivity contribution in [2.45, 2.75) is 39.3 Å². The minimum Gasteiger partial charge on any atom is -0.354 e. The van der Waals surface area contributed by atoms with Crippen molar-refractivity contribution >= 4 is 5.91 Å². The highest BCUT2D eigenvalue weighted by Gasteiger charge is 2.04. The smallest absolute Gasteiger partial charge is 0.221 e. The third-order valence-corrected chi connectivity index (χ3v) is 2.42. The van der Waals surface area contributed by atoms with Crippen LogP contribution in [0.15, 0.2) is 12.3 Å². The Balaban J connectivity index is 2.04. The van der Waals surface area contributed by atoms with E-state index < -0.39 is 0 Å². The van der Waals surface area contributed by atoms with Gasteiger partial charge < -0.3 is 10.6 Å². The average Bonchev–Trinajstić information content (AvgIpc) is 2.77. The second kappa shape index (κ2) is 7.00. The summed E-state index contributed by atoms with van der Waals surface area (Å²) in [6.45, 7) is 5.47. The van der Waals surface area contributed by atoms with E-state index in [4.69, 9.17) is 0 Å². The number of carbonyl (C=O) groups is 1. The summed E-state index contributed by atoms with van der Waals surface area (Å²) in [7, 11) is 0. The van der Waals surface area contributed by atoms with Crippen LogP contribution < -0.4 is 10.6 Å². The highest BCUT2D eigenvalue weighted by atomic mass is 16.1. The van der Waals surface area contributed by atoms with Crippen LogP contribution in [-0.4, -0.2) is 28.7 Å². The lowest BCUT2D eigenvalue weighted by Crippen LogP contribution is -2.33. The van der Waals surface area contributed by atoms with E-state index in [2.05, 4.69) is 27.8 Å². The van der Waals surface area contributed by atoms with Crippen LogP contribution in [0, 0.1) is 0 Å². The van der Waals surface area contributed by atoms with E-state index >= 15 is 0 Å². The van der Waals surface area contributed by atoms with Crippen molar-refractivity contribution in [1.29, 1.82) is 0 Å². The summed E-state index contributed by atoms with van der Waals surface area (Å²) in [5, 5.41) is 12.8. The Morgan fingerprint density at radius 2 is 2.44 bits per heavy atom. The number of H-pyrrole nitrogens is 1. The molecule has 1 heterocycles. The number of nitrogens with zero attached hydrogens (tertiary/aromatic N) is 1. The summed E-state index contributed by atoms with van der Waals surface area (Å²) in [6.07, 6.45) is 3.19. The van der Waals surface area contributed by atoms with E-state index in [0.29, 0.717) is 13.0 Å². The highest BCUT2D eigenvalue weighted by molar-refractivity contribution is 5.76. The number of nitrogens with one attached hydrogen (secondary N) is 3. The Morgan fingerprint density at radius 1 is 1.62 bits per heavy atom. The molecule has 1 rings (SSSR count). The Hall–Kier alpha value is -1.36. The largest absolute Gasteiger partial charge is 0.354 e. The molecule has 1 unspecified atom stereocenters. The standard InChI is InChI=1S/C11H20N4O/c1-3-9(2)14-11(16)5-6-12-8-10-4-7-13-15-10/h4,7,9,12H,3,5-6,8H2,1-2H3,(H,13,15)(H,14,16). The fourth-order valence-corrected chi connectivity index (χ4v) is 1.26. The van der Waals surface area contributed by atoms with E-state index in [0.717, 1.165) is 18.7 Å². The first kappa shape index (κ1) is 12.7. The zero-order valence-corrected chi connectivity index (χ0v) is 9.92. The molecule has 16 heavy (non-hydrogen) atoms. The van der Waals surface area contributed by atoms with Gasteiger partial charge in [0.25, 0.3) is 0 Å². The summed E-state index contributed by atoms with van der Waals surface area (Å²) in [6, 6.07) is 2.17. The van der Waals surface area contributed by atoms with E-state index in [1.165, 1.54) is 0 Å². The van der Waals surface area contributed by atoms with E-state index in [9.17, 15) is 4.79 Å². The molecule has 0 bridgehead atoms. The molecule has 0 aromatic carbocycles. The van der Waals surface area contributed by atoms with Crippen LogP contribution in [0.3, 0.4) is 0 Å². The molecule has 0 saturated carbocycles. The van der Waals surface area contributed by atoms with Gasteiger partial charge in [0, 0.05) is 37.4 Å². The van der Waals surface area contributed by atoms with Gasteiger partial charge in [-0.2, -0.15) is 5.10 Å². The summed E-state index contributed by atoms with van der Waals surface area (Å²) in [5.74, 6) is 0.103. The van der Waals surface area contributed by atoms with Crippen molar-refractivity contribution < 1.29 is 4.79 Å². The zero-order valence-electron chi connectivity index (χ0n) is 9.92. The predicted molar refractivity (Wildman–Crippen MR) is 62.8 cm³/mol. The van der Waals surface area contributed by atoms with Crippen molar-refractivity contribution in [3.8, 4) is 0 Å². The molecule has 5 nitrogen and oxygen atoms in total. The van der Waals surface area contributed by atoms with Gasteiger partial charge in [0.2, 0.25) is 5.91 Å². The van der Waals surface area contributed by atoms with Gasteiger partial charge in [-0.15, -0.1) is 0 Å². The Labute approximate surface area is 96.0 Å². The van der Waals surface area contributed by atoms with Crippen LogP contribution >= 0.6 is 0 Å². The lowest BCUT2D eigenvalue weighted by atomic mass is 10.2. The predicted octanol–water partition coefficient (Wildman–Crippen LogP) is 0.804. The molecule has 1 atom stereocenters. The summed E-state index contributed by atoms with van der Waals surface area (Å²) in [5.41, 5.74) is 1.03. The van der Waals surface area contributed by atoms with Crippen molar-refractivity contribution in [2.24, 2.45) is 0 Å². The number of aromatic nitrogens is 2. The van der Waals surface area contributed by atoms with Crippen LogP contribution in [0.4, 0.5) is 0 Å². The molecule has 90 valence electrons. The van der Waals surface area contributed by atoms with E-state index in [1.54, 1.807) is 6.20 Å². The third-order valence-electron chi connectivity index (χ3n) is 2.42. The third kappa shape index (κ3) is 4.93. The van der Waals surface area contributed by atoms with Crippen LogP contribution in [0.25, 0.3) is 0 Å². The Morgan fingerprint density at radius 3 is 3.06 bits per heavy atom. The molecular formula is C11H20N4O. The van der Waals surface area contributed by atoms with E-state index in [1.807, 2.05) is 13.0 Å². The first-order valence-electron chi connectivity index (χ1n) is 5.70. The number of carbonyl (C=O) groups excluding carboxylic acids is 1. The molecule has 1 amide bonds. The zero-order chi connectivity index (χ0) is 11.8. The van der Waals surface area contributed by atoms with Crippen LogP contribution in [-0.2, 0) is 11.3 Å². The monoisotopic (exact) mass is 224 g/mol. The van der Waals surface area contributed by atoms with Crippen LogP contribution in [0.5, 0.6) is 0 Å². The Kier molecular flexibility index (Phi) is 5.56. The average molecular weight is 224 g/mol. The number of amides is 1. The van der Waals surface area contributed by atoms with Gasteiger partial charge in [-0.3, -0.25) is 9.89 Å². The first-order valence-corrected chi connectivity index (χ1v) is 5.70. The van der Waals surface area contributed by atoms with Gasteiger partial charge in [-0.05, 0) is 19.4 Å². The fourth-order valence-electron chi connectivity index (χ4n) is 1.26. The van der Waals surface area contributed by atoms with Crippen LogP contribution in [0.1, 0.15) is 32.4 Å². The fraction of sp³-hybridized carbons (Fsp3) is 0.636. The summed E-state index contributed by atoms with van der Waals surface area (Å²) >= 11 is 0. The molecule has 1 aromatic rings. The minimum absolute atomic E-state index is 0.103. The first-order chi connectivity index (χ1) is 7.72. The molecule has 0 aliphatic heterocycles. The quantitative estimate of drug-likeness (QED) is 0.600. The highest BCUT2D eigenvalue weighted by Crippen LogP contribution is 1.91. The number of hydrogen-bond donors (Lipinski definition) is 3. The summed E-state index contributed by atoms with van der Waals surface area (Å²) in [4.78, 5) is 11.4. The van der Waals surface area contributed by atoms with Gasteiger partial charge in [0.05, 0.1) is 0 Å². The molecule has 0 radical (unpaired) electrons. The van der Waals surface area contributed by atoms with Crippen molar-refractivity contribution in [3.63, 3.8) is 0 Å². The van der Waals surface area contributed by atoms with Gasteiger partial charge >= 0.3 is 0 Å². The molecule has 0 aliphatic rings. The van der Waals surface area contributed by atoms with Crippen molar-refractivity contribution in [2.75, 3.05) is 6.54 Å². The van der Waals surface area contributed by atoms with Crippen LogP contribution in [0.2, 0.25) is 0 Å². The SMILES string of the molecule is CCC(C)NC(=O)CCNCc1ccn[nH]1. The maximum atomic E-state index is 11.4. The second-order valence-electron chi connectivity index (χ2n) is 3.89. The number of hydrogen-bond acceptors (Lipinski definition) is 3. The number of rotatable bonds is 7. The van der Waals surface area contributed by atoms with Gasteiger partial charge in [-0.1, -0.05) is 6.92 Å². The summed E-state index contributed by atoms with van der Waals surface area (Å²) < 4.78 is 0. The van der Waals surface area contributed by atoms with Crippen molar-refractivity contribution in [3.05, 3.63) is 18.0 Å². The normalized spacial score (nSPS) is 12.4. The molecule has 3 N–H and O–H groups in total. The minimum atomic E-state index is 0.103. The van der Waals surface area contributed by atoms with Gasteiger partial charge in [0.1, 0.15) is 0 Å². The molecule has 0 aliphatic carbocycles. The maximum Gasteiger partial charge on any atom is 0.221 e. The molecule has 0 fully saturated rings. The number of aromatic amines is 1. The molecule has 0 spiro atoms. The topological polar surface area (TPSA) is 69.8 Å². The van der Waals surface area contributed by atoms with E-state index in [-0.39, 0.29) is 11.9 Å². The van der Waals surface area contributed by atoms with Crippen molar-refractivity contribution in [1.82, 2.24) is 20.8 Å². The molecule has 5 heteroatoms. The lowest BCUT2D eigenvalue weighted by molar-refractivity contribution is -0.121. The lowest BCUT2D eigenvalue weighted by Gasteiger charge is -2.11. The molecule has 0 saturated heterocycles. The molecule has 1 aromatic heterocycles. The molecular weight excluding hydrogens is 204 g/mol.